The van der Waals surface area contributed by atoms with Crippen LogP contribution in [0.3, 0.4) is 0 Å². The summed E-state index contributed by atoms with van der Waals surface area (Å²) in [6.45, 7) is 0.555. The lowest BCUT2D eigenvalue weighted by Crippen LogP contribution is -2.39. The number of nitrogens with one attached hydrogen (secondary N) is 1. The normalized spacial score (nSPS) is 16.7. The van der Waals surface area contributed by atoms with Gasteiger partial charge >= 0.3 is 6.03 Å². The van der Waals surface area contributed by atoms with Gasteiger partial charge in [0.1, 0.15) is 5.82 Å². The fourth-order valence-corrected chi connectivity index (χ4v) is 5.16. The van der Waals surface area contributed by atoms with E-state index in [0.29, 0.717) is 6.54 Å². The first-order valence-corrected chi connectivity index (χ1v) is 9.80. The highest BCUT2D eigenvalue weighted by Crippen LogP contribution is 2.36. The third kappa shape index (κ3) is 4.08. The Kier molecular flexibility index (Phi) is 5.28. The number of carbonyl (C=O) groups is 1. The van der Waals surface area contributed by atoms with Crippen molar-refractivity contribution in [3.8, 4) is 0 Å². The number of halogens is 2. The highest BCUT2D eigenvalue weighted by atomic mass is 79.9. The third-order valence-corrected chi connectivity index (χ3v) is 6.41. The first-order valence-electron chi connectivity index (χ1n) is 7.21. The van der Waals surface area contributed by atoms with Gasteiger partial charge in [-0.15, -0.1) is 23.1 Å². The van der Waals surface area contributed by atoms with E-state index >= 15 is 0 Å². The Labute approximate surface area is 151 Å². The van der Waals surface area contributed by atoms with Crippen LogP contribution in [0.15, 0.2) is 39.0 Å². The molecule has 2 amide bonds. The first kappa shape index (κ1) is 16.8. The molecule has 1 atom stereocenters. The standard InChI is InChI=1S/C16H16BrFN2OS2/c1-20(9-11-3-5-15(17)23-11)16(21)19-13-6-7-22-14-4-2-10(18)8-12(13)14/h2-5,8,13H,6-7,9H2,1H3,(H,19,21). The molecule has 1 N–H and O–H groups in total. The summed E-state index contributed by atoms with van der Waals surface area (Å²) in [5.74, 6) is 0.660. The van der Waals surface area contributed by atoms with E-state index in [1.54, 1.807) is 41.1 Å². The molecule has 0 fully saturated rings. The molecule has 1 aromatic heterocycles. The van der Waals surface area contributed by atoms with Gasteiger partial charge in [0.2, 0.25) is 0 Å². The minimum atomic E-state index is -0.262. The zero-order chi connectivity index (χ0) is 16.4. The van der Waals surface area contributed by atoms with Crippen LogP contribution < -0.4 is 5.32 Å². The number of hydrogen-bond donors (Lipinski definition) is 1. The topological polar surface area (TPSA) is 32.3 Å². The predicted molar refractivity (Wildman–Crippen MR) is 96.5 cm³/mol. The molecule has 1 aromatic carbocycles. The minimum Gasteiger partial charge on any atom is -0.331 e. The van der Waals surface area contributed by atoms with Crippen molar-refractivity contribution in [3.63, 3.8) is 0 Å². The lowest BCUT2D eigenvalue weighted by Gasteiger charge is -2.28. The first-order chi connectivity index (χ1) is 11.0. The number of amides is 2. The van der Waals surface area contributed by atoms with Gasteiger partial charge < -0.3 is 10.2 Å². The molecule has 1 aliphatic heterocycles. The Morgan fingerprint density at radius 3 is 3.00 bits per heavy atom. The molecule has 3 rings (SSSR count). The molecule has 0 saturated carbocycles. The van der Waals surface area contributed by atoms with E-state index in [1.807, 2.05) is 12.1 Å². The second kappa shape index (κ2) is 7.23. The molecule has 0 saturated heterocycles. The fourth-order valence-electron chi connectivity index (χ4n) is 2.52. The summed E-state index contributed by atoms with van der Waals surface area (Å²) < 4.78 is 14.6. The number of thiophene rings is 1. The molecule has 3 nitrogen and oxygen atoms in total. The second-order valence-corrected chi connectivity index (χ2v) is 9.07. The zero-order valence-electron chi connectivity index (χ0n) is 12.5. The van der Waals surface area contributed by atoms with Gasteiger partial charge in [-0.3, -0.25) is 0 Å². The lowest BCUT2D eigenvalue weighted by molar-refractivity contribution is 0.202. The van der Waals surface area contributed by atoms with E-state index in [4.69, 9.17) is 0 Å². The van der Waals surface area contributed by atoms with Crippen LogP contribution in [0, 0.1) is 5.82 Å². The molecule has 7 heteroatoms. The number of nitrogens with zero attached hydrogens (tertiary/aromatic N) is 1. The summed E-state index contributed by atoms with van der Waals surface area (Å²) in [6, 6.07) is 8.50. The molecule has 23 heavy (non-hydrogen) atoms. The average molecular weight is 415 g/mol. The molecule has 2 heterocycles. The zero-order valence-corrected chi connectivity index (χ0v) is 15.7. The number of rotatable bonds is 3. The monoisotopic (exact) mass is 414 g/mol. The summed E-state index contributed by atoms with van der Waals surface area (Å²) in [7, 11) is 1.77. The van der Waals surface area contributed by atoms with Crippen molar-refractivity contribution in [3.05, 3.63) is 50.4 Å². The molecule has 0 aliphatic carbocycles. The Balaban J connectivity index is 1.67. The van der Waals surface area contributed by atoms with E-state index in [1.165, 1.54) is 12.1 Å². The summed E-state index contributed by atoms with van der Waals surface area (Å²) in [6.07, 6.45) is 0.811. The third-order valence-electron chi connectivity index (χ3n) is 3.68. The van der Waals surface area contributed by atoms with Crippen molar-refractivity contribution < 1.29 is 9.18 Å². The number of fused-ring (bicyclic) bond motifs is 1. The lowest BCUT2D eigenvalue weighted by atomic mass is 10.0. The minimum absolute atomic E-state index is 0.132. The Morgan fingerprint density at radius 1 is 1.43 bits per heavy atom. The Morgan fingerprint density at radius 2 is 2.26 bits per heavy atom. The van der Waals surface area contributed by atoms with Crippen molar-refractivity contribution in [2.45, 2.75) is 23.9 Å². The predicted octanol–water partition coefficient (Wildman–Crippen LogP) is 5.03. The van der Waals surface area contributed by atoms with Crippen molar-refractivity contribution in [1.82, 2.24) is 10.2 Å². The van der Waals surface area contributed by atoms with E-state index in [0.717, 1.165) is 31.3 Å². The number of hydrogen-bond acceptors (Lipinski definition) is 3. The van der Waals surface area contributed by atoms with Gasteiger partial charge in [-0.25, -0.2) is 9.18 Å². The summed E-state index contributed by atoms with van der Waals surface area (Å²) >= 11 is 6.74. The molecule has 0 spiro atoms. The molecule has 1 unspecified atom stereocenters. The largest absolute Gasteiger partial charge is 0.331 e. The van der Waals surface area contributed by atoms with Crippen LogP contribution in [0.1, 0.15) is 22.9 Å². The van der Waals surface area contributed by atoms with Crippen molar-refractivity contribution >= 4 is 45.1 Å². The maximum Gasteiger partial charge on any atom is 0.317 e. The van der Waals surface area contributed by atoms with E-state index in [9.17, 15) is 9.18 Å². The van der Waals surface area contributed by atoms with Gasteiger partial charge in [0.05, 0.1) is 16.4 Å². The highest BCUT2D eigenvalue weighted by Gasteiger charge is 2.24. The molecule has 0 bridgehead atoms. The van der Waals surface area contributed by atoms with Crippen molar-refractivity contribution in [1.29, 1.82) is 0 Å². The number of urea groups is 1. The summed E-state index contributed by atoms with van der Waals surface area (Å²) in [5.41, 5.74) is 0.877. The molecular formula is C16H16BrFN2OS2. The maximum absolute atomic E-state index is 13.5. The Bertz CT molecular complexity index is 722. The van der Waals surface area contributed by atoms with Crippen LogP contribution in [0.25, 0.3) is 0 Å². The van der Waals surface area contributed by atoms with E-state index in [2.05, 4.69) is 21.2 Å². The van der Waals surface area contributed by atoms with Crippen molar-refractivity contribution in [2.24, 2.45) is 0 Å². The van der Waals surface area contributed by atoms with Gasteiger partial charge in [0.15, 0.2) is 0 Å². The van der Waals surface area contributed by atoms with Crippen LogP contribution in [-0.2, 0) is 6.54 Å². The van der Waals surface area contributed by atoms with Gasteiger partial charge in [0, 0.05) is 22.6 Å². The van der Waals surface area contributed by atoms with Crippen LogP contribution in [0.2, 0.25) is 0 Å². The van der Waals surface area contributed by atoms with Gasteiger partial charge in [-0.2, -0.15) is 0 Å². The summed E-state index contributed by atoms with van der Waals surface area (Å²) in [4.78, 5) is 16.2. The van der Waals surface area contributed by atoms with Crippen LogP contribution >= 0.6 is 39.0 Å². The smallest absolute Gasteiger partial charge is 0.317 e. The Hall–Kier alpha value is -1.05. The molecule has 1 aliphatic rings. The van der Waals surface area contributed by atoms with Crippen LogP contribution in [-0.4, -0.2) is 23.7 Å². The van der Waals surface area contributed by atoms with E-state index < -0.39 is 0 Å². The number of benzene rings is 1. The molecule has 122 valence electrons. The highest BCUT2D eigenvalue weighted by molar-refractivity contribution is 9.11. The van der Waals surface area contributed by atoms with Gasteiger partial charge in [-0.05, 0) is 58.2 Å². The van der Waals surface area contributed by atoms with Crippen molar-refractivity contribution in [2.75, 3.05) is 12.8 Å². The molecular weight excluding hydrogens is 399 g/mol. The average Bonchev–Trinajstić information content (AvgIpc) is 2.93. The molecule has 2 aromatic rings. The van der Waals surface area contributed by atoms with Crippen LogP contribution in [0.4, 0.5) is 9.18 Å². The van der Waals surface area contributed by atoms with Crippen LogP contribution in [0.5, 0.6) is 0 Å². The molecule has 0 radical (unpaired) electrons. The maximum atomic E-state index is 13.5. The van der Waals surface area contributed by atoms with E-state index in [-0.39, 0.29) is 17.9 Å². The van der Waals surface area contributed by atoms with Gasteiger partial charge in [-0.1, -0.05) is 0 Å². The van der Waals surface area contributed by atoms with Gasteiger partial charge in [0.25, 0.3) is 0 Å². The quantitative estimate of drug-likeness (QED) is 0.763. The fraction of sp³-hybridized carbons (Fsp3) is 0.312. The number of carbonyl (C=O) groups excluding carboxylic acids is 1. The SMILES string of the molecule is CN(Cc1ccc(Br)s1)C(=O)NC1CCSc2ccc(F)cc21. The number of thioether (sulfide) groups is 1. The summed E-state index contributed by atoms with van der Waals surface area (Å²) in [5, 5.41) is 3.03. The second-order valence-electron chi connectivity index (χ2n) is 5.38.